The van der Waals surface area contributed by atoms with E-state index in [1.54, 1.807) is 19.1 Å². The summed E-state index contributed by atoms with van der Waals surface area (Å²) in [6.07, 6.45) is 4.33. The zero-order valence-electron chi connectivity index (χ0n) is 31.3. The second-order valence-electron chi connectivity index (χ2n) is 11.4. The molecule has 56 heavy (non-hydrogen) atoms. The Bertz CT molecular complexity index is 1740. The van der Waals surface area contributed by atoms with Crippen LogP contribution in [0.5, 0.6) is 23.0 Å². The number of nitrogens with one attached hydrogen (secondary N) is 2. The molecule has 4 aromatic carbocycles. The molecule has 2 aliphatic rings. The minimum atomic E-state index is -2.48. The monoisotopic (exact) mass is 1080 g/mol. The predicted molar refractivity (Wildman–Crippen MR) is 229 cm³/mol. The number of nitrogens with zero attached hydrogens (tertiary/aromatic N) is 2. The molecule has 2 fully saturated rings. The molecule has 2 aliphatic heterocycles. The van der Waals surface area contributed by atoms with Crippen molar-refractivity contribution in [1.29, 1.82) is 0 Å². The van der Waals surface area contributed by atoms with Crippen molar-refractivity contribution in [3.8, 4) is 23.0 Å². The van der Waals surface area contributed by atoms with Crippen molar-refractivity contribution in [2.45, 2.75) is 32.6 Å². The first-order valence-electron chi connectivity index (χ1n) is 16.4. The van der Waals surface area contributed by atoms with Crippen LogP contribution in [0.4, 0.5) is 22.7 Å². The molecule has 6 rings (SSSR count). The molecule has 2 saturated heterocycles. The Morgan fingerprint density at radius 1 is 0.679 bits per heavy atom. The molecule has 4 aromatic rings. The van der Waals surface area contributed by atoms with Gasteiger partial charge in [-0.3, -0.25) is 8.42 Å². The number of ether oxygens (including phenoxy) is 2. The first kappa shape index (κ1) is 55.6. The molecule has 10 nitrogen and oxygen atoms in total. The van der Waals surface area contributed by atoms with E-state index in [4.69, 9.17) is 33.9 Å². The summed E-state index contributed by atoms with van der Waals surface area (Å²) >= 11 is 9.63. The average molecular weight is 1080 g/mol. The Morgan fingerprint density at radius 3 is 1.34 bits per heavy atom. The van der Waals surface area contributed by atoms with Gasteiger partial charge in [-0.05, 0) is 62.1 Å². The summed E-state index contributed by atoms with van der Waals surface area (Å²) in [6, 6.07) is 25.6. The van der Waals surface area contributed by atoms with Crippen molar-refractivity contribution in [1.82, 2.24) is 0 Å². The molecule has 18 heteroatoms. The van der Waals surface area contributed by atoms with Gasteiger partial charge in [-0.2, -0.15) is 12.5 Å². The van der Waals surface area contributed by atoms with E-state index in [1.165, 1.54) is 0 Å². The van der Waals surface area contributed by atoms with Gasteiger partial charge in [-0.15, -0.1) is 41.8 Å². The summed E-state index contributed by atoms with van der Waals surface area (Å²) < 4.78 is 62.4. The van der Waals surface area contributed by atoms with Crippen LogP contribution in [0.1, 0.15) is 43.7 Å². The van der Waals surface area contributed by atoms with Gasteiger partial charge in [-0.25, -0.2) is 6.92 Å². The summed E-state index contributed by atoms with van der Waals surface area (Å²) in [5.41, 5.74) is 3.69. The first-order chi connectivity index (χ1) is 25.1. The number of thiol groups is 1. The van der Waals surface area contributed by atoms with Crippen molar-refractivity contribution in [3.05, 3.63) is 117 Å². The summed E-state index contributed by atoms with van der Waals surface area (Å²) in [5.74, 6) is 2.19. The fourth-order valence-corrected chi connectivity index (χ4v) is 6.68. The second-order valence-corrected chi connectivity index (χ2v) is 14.4. The molecule has 2 unspecified atom stereocenters. The third-order valence-corrected chi connectivity index (χ3v) is 9.42. The third kappa shape index (κ3) is 16.9. The van der Waals surface area contributed by atoms with E-state index >= 15 is 0 Å². The molecule has 2 N–H and O–H groups in total. The summed E-state index contributed by atoms with van der Waals surface area (Å²) in [6.45, 7) is 12.3. The van der Waals surface area contributed by atoms with E-state index in [0.29, 0.717) is 54.6 Å². The van der Waals surface area contributed by atoms with Crippen LogP contribution in [0.25, 0.3) is 0 Å². The summed E-state index contributed by atoms with van der Waals surface area (Å²) in [5, 5.41) is 0. The number of para-hydroxylation sites is 2. The molecular weight excluding hydrogens is 1040 g/mol. The van der Waals surface area contributed by atoms with Crippen LogP contribution < -0.4 is 28.7 Å². The van der Waals surface area contributed by atoms with Crippen LogP contribution in [0.2, 0.25) is 0 Å². The van der Waals surface area contributed by atoms with Gasteiger partial charge in [0.05, 0.1) is 26.9 Å². The molecule has 0 aliphatic carbocycles. The van der Waals surface area contributed by atoms with Gasteiger partial charge in [0, 0.05) is 152 Å². The van der Waals surface area contributed by atoms with Crippen molar-refractivity contribution in [2.24, 2.45) is 0 Å². The number of hydrogen-bond donors (Lipinski definition) is 3. The number of anilines is 4. The Morgan fingerprint density at radius 2 is 1.02 bits per heavy atom. The summed E-state index contributed by atoms with van der Waals surface area (Å²) in [7, 11) is 0. The molecule has 295 valence electrons. The Balaban J connectivity index is 0.000000968. The minimum Gasteiger partial charge on any atom is -0.755 e. The Kier molecular flexibility index (Phi) is 28.8. The van der Waals surface area contributed by atoms with E-state index in [2.05, 4.69) is 45.7 Å². The van der Waals surface area contributed by atoms with Gasteiger partial charge in [0.1, 0.15) is 11.5 Å². The van der Waals surface area contributed by atoms with E-state index in [0.717, 1.165) is 63.2 Å². The SMILES string of the molecule is O=S([O-])Nc1cc(C(=S)S)cc(N2CCCC2)c1Oc1ccccc1.[CH2-]C.[CH2-]C(=S)c1cc(NS(=O)[O-])c(Oc2ccccc2)c(N2CCCC2)c1.[CH3-].[Y].[Y].[Y]. The fourth-order valence-electron chi connectivity index (χ4n) is 5.66. The maximum Gasteiger partial charge on any atom is 0.174 e. The average Bonchev–Trinajstić information content (AvgIpc) is 3.87. The predicted octanol–water partition coefficient (Wildman–Crippen LogP) is 9.01. The van der Waals surface area contributed by atoms with Crippen LogP contribution in [0, 0.1) is 21.3 Å². The molecule has 0 spiro atoms. The molecule has 3 radical (unpaired) electrons. The van der Waals surface area contributed by atoms with Gasteiger partial charge < -0.3 is 52.2 Å². The Hall–Kier alpha value is -0.388. The topological polar surface area (TPSA) is 129 Å². The molecule has 0 amide bonds. The number of thiocarbonyl (C=S) groups is 2. The fraction of sp³-hybridized carbons (Fsp3) is 0.237. The summed E-state index contributed by atoms with van der Waals surface area (Å²) in [4.78, 5) is 4.80. The molecule has 2 atom stereocenters. The van der Waals surface area contributed by atoms with E-state index in [-0.39, 0.29) is 106 Å². The number of benzene rings is 4. The van der Waals surface area contributed by atoms with Crippen LogP contribution in [0.15, 0.2) is 84.9 Å². The number of rotatable bonds is 12. The van der Waals surface area contributed by atoms with E-state index < -0.39 is 22.5 Å². The molecule has 0 bridgehead atoms. The largest absolute Gasteiger partial charge is 0.755 e. The quantitative estimate of drug-likeness (QED) is 0.0416. The van der Waals surface area contributed by atoms with Gasteiger partial charge in [0.2, 0.25) is 0 Å². The van der Waals surface area contributed by atoms with Gasteiger partial charge in [-0.1, -0.05) is 48.6 Å². The van der Waals surface area contributed by atoms with Crippen molar-refractivity contribution in [3.63, 3.8) is 0 Å². The normalized spacial score (nSPS) is 13.5. The van der Waals surface area contributed by atoms with Crippen molar-refractivity contribution < 1.29 is 125 Å². The van der Waals surface area contributed by atoms with E-state index in [9.17, 15) is 17.5 Å². The van der Waals surface area contributed by atoms with Crippen molar-refractivity contribution >= 4 is 91.4 Å². The zero-order chi connectivity index (χ0) is 37.6. The Labute approximate surface area is 429 Å². The second kappa shape index (κ2) is 29.0. The maximum absolute atomic E-state index is 11.3. The van der Waals surface area contributed by atoms with Gasteiger partial charge in [0.15, 0.2) is 11.5 Å². The molecular formula is C38H43N4O6S5Y3-5. The first-order valence-corrected chi connectivity index (χ1v) is 19.8. The zero-order valence-corrected chi connectivity index (χ0v) is 44.0. The smallest absolute Gasteiger partial charge is 0.174 e. The van der Waals surface area contributed by atoms with Gasteiger partial charge in [0.25, 0.3) is 0 Å². The van der Waals surface area contributed by atoms with Crippen LogP contribution in [0.3, 0.4) is 0 Å². The molecule has 0 saturated carbocycles. The van der Waals surface area contributed by atoms with Crippen molar-refractivity contribution in [2.75, 3.05) is 45.4 Å². The van der Waals surface area contributed by atoms with Crippen LogP contribution >= 0.6 is 37.1 Å². The molecule has 0 aromatic heterocycles. The van der Waals surface area contributed by atoms with Crippen LogP contribution in [-0.4, -0.2) is 52.8 Å². The molecule has 2 heterocycles. The maximum atomic E-state index is 11.3. The van der Waals surface area contributed by atoms with E-state index in [1.807, 2.05) is 72.8 Å². The number of hydrogen-bond acceptors (Lipinski definition) is 10. The van der Waals surface area contributed by atoms with Gasteiger partial charge >= 0.3 is 0 Å². The van der Waals surface area contributed by atoms with Crippen LogP contribution in [-0.2, 0) is 121 Å². The third-order valence-electron chi connectivity index (χ3n) is 7.91. The minimum absolute atomic E-state index is 0. The standard InChI is InChI=1S/C18H19N2O3S2.C17H18N2O3S3.C2H5.CH3.3Y/c1-13(24)14-11-16(19-25(21)22)18(23-15-7-3-2-4-8-15)17(12-14)20-9-5-6-10-20;20-25(21)18-14-10-12(17(23)24)11-15(19-8-4-5-9-19)16(14)22-13-6-2-1-3-7-13;1-2;;;;/h2-4,7-8,11-12,19H,1,5-6,9-10H2,(H,21,22);1-3,6-7,10-11,18H,4-5,8-9H2,(H,20,21)(H,23,24);1H2,2H3;1H3;;;/q-1;;2*-1;;;/p-2.